The standard InChI is InChI=1S/C7H9F3O2/c1-5(2)4(11)6(3,12-5)7(8,9)10/h1-3H3/t6-/m1/s1. The first-order chi connectivity index (χ1) is 5.11. The van der Waals surface area contributed by atoms with Crippen molar-refractivity contribution in [2.75, 3.05) is 0 Å². The van der Waals surface area contributed by atoms with E-state index in [1.54, 1.807) is 0 Å². The van der Waals surface area contributed by atoms with Gasteiger partial charge in [0.15, 0.2) is 0 Å². The average Bonchev–Trinajstić information content (AvgIpc) is 1.83. The van der Waals surface area contributed by atoms with Gasteiger partial charge in [0, 0.05) is 0 Å². The second-order valence-corrected chi connectivity index (χ2v) is 3.47. The van der Waals surface area contributed by atoms with Gasteiger partial charge in [0.1, 0.15) is 5.60 Å². The zero-order chi connectivity index (χ0) is 9.78. The van der Waals surface area contributed by atoms with Gasteiger partial charge in [-0.1, -0.05) is 0 Å². The van der Waals surface area contributed by atoms with E-state index in [2.05, 4.69) is 4.74 Å². The van der Waals surface area contributed by atoms with Crippen LogP contribution in [0, 0.1) is 0 Å². The lowest BCUT2D eigenvalue weighted by atomic mass is 9.80. The fraction of sp³-hybridized carbons (Fsp3) is 0.857. The third-order valence-electron chi connectivity index (χ3n) is 1.98. The third-order valence-corrected chi connectivity index (χ3v) is 1.98. The van der Waals surface area contributed by atoms with E-state index in [1.165, 1.54) is 13.8 Å². The van der Waals surface area contributed by atoms with E-state index in [1.807, 2.05) is 0 Å². The maximum absolute atomic E-state index is 12.1. The van der Waals surface area contributed by atoms with Crippen molar-refractivity contribution in [1.29, 1.82) is 0 Å². The highest BCUT2D eigenvalue weighted by Crippen LogP contribution is 2.47. The van der Waals surface area contributed by atoms with Crippen LogP contribution in [0.4, 0.5) is 13.2 Å². The Bertz CT molecular complexity index is 231. The Morgan fingerprint density at radius 2 is 1.67 bits per heavy atom. The summed E-state index contributed by atoms with van der Waals surface area (Å²) in [6.45, 7) is 3.40. The minimum Gasteiger partial charge on any atom is -0.344 e. The summed E-state index contributed by atoms with van der Waals surface area (Å²) >= 11 is 0. The molecule has 0 amide bonds. The SMILES string of the molecule is CC1(C)O[C@@](C)(C(F)(F)F)C1=O. The Morgan fingerprint density at radius 3 is 1.75 bits per heavy atom. The molecule has 0 aromatic rings. The van der Waals surface area contributed by atoms with E-state index < -0.39 is 23.2 Å². The molecular formula is C7H9F3O2. The monoisotopic (exact) mass is 182 g/mol. The van der Waals surface area contributed by atoms with Crippen LogP contribution in [-0.4, -0.2) is 23.2 Å². The van der Waals surface area contributed by atoms with Crippen LogP contribution in [0.5, 0.6) is 0 Å². The molecule has 0 bridgehead atoms. The van der Waals surface area contributed by atoms with Gasteiger partial charge in [-0.05, 0) is 20.8 Å². The molecule has 1 atom stereocenters. The lowest BCUT2D eigenvalue weighted by Gasteiger charge is -2.49. The molecule has 12 heavy (non-hydrogen) atoms. The average molecular weight is 182 g/mol. The predicted octanol–water partition coefficient (Wildman–Crippen LogP) is 1.69. The number of halogens is 3. The van der Waals surface area contributed by atoms with E-state index in [0.29, 0.717) is 0 Å². The number of Topliss-reactive ketones (excluding diaryl/α,β-unsaturated/α-hetero) is 1. The molecule has 1 heterocycles. The van der Waals surface area contributed by atoms with Crippen molar-refractivity contribution < 1.29 is 22.7 Å². The van der Waals surface area contributed by atoms with Gasteiger partial charge >= 0.3 is 6.18 Å². The molecule has 2 nitrogen and oxygen atoms in total. The van der Waals surface area contributed by atoms with Crippen LogP contribution >= 0.6 is 0 Å². The fourth-order valence-corrected chi connectivity index (χ4v) is 1.32. The van der Waals surface area contributed by atoms with Gasteiger partial charge in [0.25, 0.3) is 0 Å². The van der Waals surface area contributed by atoms with Crippen LogP contribution in [0.2, 0.25) is 0 Å². The Kier molecular flexibility index (Phi) is 1.60. The molecule has 1 aliphatic rings. The highest BCUT2D eigenvalue weighted by Gasteiger charge is 2.70. The Labute approximate surface area is 67.7 Å². The van der Waals surface area contributed by atoms with Crippen molar-refractivity contribution >= 4 is 5.78 Å². The molecule has 1 saturated heterocycles. The van der Waals surface area contributed by atoms with E-state index in [-0.39, 0.29) is 0 Å². The summed E-state index contributed by atoms with van der Waals surface area (Å²) in [5.74, 6) is -0.914. The smallest absolute Gasteiger partial charge is 0.344 e. The second kappa shape index (κ2) is 2.02. The van der Waals surface area contributed by atoms with Crippen LogP contribution in [0.15, 0.2) is 0 Å². The number of carbonyl (C=O) groups is 1. The summed E-state index contributed by atoms with van der Waals surface area (Å²) in [7, 11) is 0. The van der Waals surface area contributed by atoms with E-state index in [0.717, 1.165) is 6.92 Å². The number of carbonyl (C=O) groups excluding carboxylic acids is 1. The van der Waals surface area contributed by atoms with Crippen LogP contribution in [-0.2, 0) is 9.53 Å². The third kappa shape index (κ3) is 0.957. The number of ether oxygens (including phenoxy) is 1. The maximum Gasteiger partial charge on any atom is 0.424 e. The summed E-state index contributed by atoms with van der Waals surface area (Å²) < 4.78 is 40.9. The van der Waals surface area contributed by atoms with Crippen molar-refractivity contribution in [2.24, 2.45) is 0 Å². The molecule has 1 fully saturated rings. The molecule has 0 aromatic heterocycles. The lowest BCUT2D eigenvalue weighted by molar-refractivity contribution is -0.323. The zero-order valence-electron chi connectivity index (χ0n) is 6.95. The Hall–Kier alpha value is -0.580. The summed E-state index contributed by atoms with van der Waals surface area (Å²) in [5, 5.41) is 0. The minimum atomic E-state index is -4.61. The van der Waals surface area contributed by atoms with E-state index >= 15 is 0 Å². The quantitative estimate of drug-likeness (QED) is 0.569. The first kappa shape index (κ1) is 9.51. The van der Waals surface area contributed by atoms with Crippen molar-refractivity contribution in [3.63, 3.8) is 0 Å². The van der Waals surface area contributed by atoms with Gasteiger partial charge in [-0.3, -0.25) is 4.79 Å². The van der Waals surface area contributed by atoms with Crippen LogP contribution < -0.4 is 0 Å². The highest BCUT2D eigenvalue weighted by atomic mass is 19.4. The number of ketones is 1. The predicted molar refractivity (Wildman–Crippen MR) is 34.6 cm³/mol. The van der Waals surface area contributed by atoms with Gasteiger partial charge in [-0.15, -0.1) is 0 Å². The summed E-state index contributed by atoms with van der Waals surface area (Å²) in [4.78, 5) is 11.0. The molecule has 0 saturated carbocycles. The number of rotatable bonds is 0. The molecule has 5 heteroatoms. The van der Waals surface area contributed by atoms with Gasteiger partial charge < -0.3 is 4.74 Å². The summed E-state index contributed by atoms with van der Waals surface area (Å²) in [6.07, 6.45) is -4.61. The first-order valence-electron chi connectivity index (χ1n) is 3.43. The van der Waals surface area contributed by atoms with Crippen molar-refractivity contribution in [3.8, 4) is 0 Å². The van der Waals surface area contributed by atoms with Crippen molar-refractivity contribution in [1.82, 2.24) is 0 Å². The molecule has 0 aromatic carbocycles. The normalized spacial score (nSPS) is 34.7. The Morgan fingerprint density at radius 1 is 1.25 bits per heavy atom. The highest BCUT2D eigenvalue weighted by molar-refractivity contribution is 5.99. The molecule has 0 aliphatic carbocycles. The van der Waals surface area contributed by atoms with Gasteiger partial charge in [-0.25, -0.2) is 0 Å². The maximum atomic E-state index is 12.1. The van der Waals surface area contributed by atoms with Gasteiger partial charge in [0.05, 0.1) is 0 Å². The molecule has 1 aliphatic heterocycles. The van der Waals surface area contributed by atoms with Crippen molar-refractivity contribution in [2.45, 2.75) is 38.1 Å². The molecule has 70 valence electrons. The van der Waals surface area contributed by atoms with Gasteiger partial charge in [0.2, 0.25) is 11.4 Å². The lowest BCUT2D eigenvalue weighted by Crippen LogP contribution is -2.71. The molecule has 0 spiro atoms. The van der Waals surface area contributed by atoms with E-state index in [9.17, 15) is 18.0 Å². The topological polar surface area (TPSA) is 26.3 Å². The van der Waals surface area contributed by atoms with Crippen LogP contribution in [0.3, 0.4) is 0 Å². The van der Waals surface area contributed by atoms with Gasteiger partial charge in [-0.2, -0.15) is 13.2 Å². The minimum absolute atomic E-state index is 0.751. The molecule has 0 radical (unpaired) electrons. The second-order valence-electron chi connectivity index (χ2n) is 3.47. The summed E-state index contributed by atoms with van der Waals surface area (Å²) in [5.41, 5.74) is -3.87. The van der Waals surface area contributed by atoms with Crippen LogP contribution in [0.1, 0.15) is 20.8 Å². The fourth-order valence-electron chi connectivity index (χ4n) is 1.32. The number of hydrogen-bond donors (Lipinski definition) is 0. The molecular weight excluding hydrogens is 173 g/mol. The number of alkyl halides is 3. The number of hydrogen-bond acceptors (Lipinski definition) is 2. The largest absolute Gasteiger partial charge is 0.424 e. The van der Waals surface area contributed by atoms with Crippen LogP contribution in [0.25, 0.3) is 0 Å². The molecule has 0 unspecified atom stereocenters. The summed E-state index contributed by atoms with van der Waals surface area (Å²) in [6, 6.07) is 0. The zero-order valence-corrected chi connectivity index (χ0v) is 6.95. The first-order valence-corrected chi connectivity index (χ1v) is 3.43. The Balaban J connectivity index is 2.90. The van der Waals surface area contributed by atoms with E-state index in [4.69, 9.17) is 0 Å². The molecule has 0 N–H and O–H groups in total. The van der Waals surface area contributed by atoms with Crippen molar-refractivity contribution in [3.05, 3.63) is 0 Å². The molecule has 1 rings (SSSR count).